The minimum Gasteiger partial charge on any atom is -0.365 e. The highest BCUT2D eigenvalue weighted by Crippen LogP contribution is 2.26. The highest BCUT2D eigenvalue weighted by atomic mass is 35.5. The van der Waals surface area contributed by atoms with E-state index in [9.17, 15) is 14.4 Å². The fraction of sp³-hybridized carbons (Fsp3) is 0.0741. The number of pyridine rings is 2. The molecule has 41 heavy (non-hydrogen) atoms. The fourth-order valence-corrected chi connectivity index (χ4v) is 6.22. The number of rotatable bonds is 9. The third-order valence-electron chi connectivity index (χ3n) is 6.04. The summed E-state index contributed by atoms with van der Waals surface area (Å²) in [6, 6.07) is 12.3. The van der Waals surface area contributed by atoms with Crippen LogP contribution in [0.25, 0.3) is 22.5 Å². The van der Waals surface area contributed by atoms with Gasteiger partial charge in [-0.05, 0) is 36.4 Å². The number of hydrogen-bond acceptors (Lipinski definition) is 11. The molecule has 6 rings (SSSR count). The molecule has 14 heteroatoms. The third-order valence-corrected chi connectivity index (χ3v) is 8.67. The maximum absolute atomic E-state index is 14.0. The number of aromatic nitrogens is 6. The van der Waals surface area contributed by atoms with Crippen molar-refractivity contribution in [3.8, 4) is 22.5 Å². The smallest absolute Gasteiger partial charge is 0.299 e. The van der Waals surface area contributed by atoms with Crippen molar-refractivity contribution in [2.75, 3.05) is 5.32 Å². The van der Waals surface area contributed by atoms with Crippen molar-refractivity contribution in [2.24, 2.45) is 0 Å². The first-order chi connectivity index (χ1) is 20.0. The summed E-state index contributed by atoms with van der Waals surface area (Å²) in [7, 11) is 0. The van der Waals surface area contributed by atoms with Gasteiger partial charge in [-0.3, -0.25) is 28.9 Å². The van der Waals surface area contributed by atoms with Gasteiger partial charge in [0, 0.05) is 40.5 Å². The van der Waals surface area contributed by atoms with Gasteiger partial charge in [-0.1, -0.05) is 11.6 Å². The number of thiazole rings is 2. The summed E-state index contributed by atoms with van der Waals surface area (Å²) in [5, 5.41) is 9.38. The minimum atomic E-state index is -0.447. The van der Waals surface area contributed by atoms with Crippen LogP contribution in [-0.2, 0) is 13.1 Å². The second-order valence-electron chi connectivity index (χ2n) is 8.62. The van der Waals surface area contributed by atoms with Crippen molar-refractivity contribution >= 4 is 63.1 Å². The normalized spacial score (nSPS) is 11.0. The fourth-order valence-electron chi connectivity index (χ4n) is 4.12. The topological polar surface area (TPSA) is 125 Å². The number of Topliss-reactive ketones (excluding diaryl/α,β-unsaturated/α-hetero) is 1. The SMILES string of the molecule is O=C(Cn1c(-c2cccnc2)ccc(-c2cc(NCc3ccc(Cl)s3)n(C(=O)c3cscn3)n2)c1=O)c1cncs1. The van der Waals surface area contributed by atoms with E-state index in [0.717, 1.165) is 4.88 Å². The predicted octanol–water partition coefficient (Wildman–Crippen LogP) is 5.59. The minimum absolute atomic E-state index is 0.207. The van der Waals surface area contributed by atoms with Crippen molar-refractivity contribution in [1.29, 1.82) is 0 Å². The molecule has 1 N–H and O–H groups in total. The molecule has 6 aromatic heterocycles. The quantitative estimate of drug-likeness (QED) is 0.208. The van der Waals surface area contributed by atoms with Crippen molar-refractivity contribution in [3.05, 3.63) is 108 Å². The summed E-state index contributed by atoms with van der Waals surface area (Å²) in [5.41, 5.74) is 4.61. The van der Waals surface area contributed by atoms with E-state index in [1.165, 1.54) is 49.5 Å². The third kappa shape index (κ3) is 5.65. The number of nitrogens with zero attached hydrogens (tertiary/aromatic N) is 6. The van der Waals surface area contributed by atoms with Crippen LogP contribution in [0.2, 0.25) is 4.34 Å². The van der Waals surface area contributed by atoms with E-state index in [1.807, 2.05) is 12.1 Å². The van der Waals surface area contributed by atoms with Crippen LogP contribution in [0, 0.1) is 0 Å². The number of carbonyl (C=O) groups is 2. The standard InChI is InChI=1S/C27H18ClN7O3S3/c28-24-6-3-17(41-24)10-31-25-8-19(33-35(25)27(38)20-13-39-15-32-20)18-4-5-21(16-2-1-7-29-9-16)34(26(18)37)12-22(36)23-11-30-14-40-23/h1-9,11,13-15,31H,10,12H2. The van der Waals surface area contributed by atoms with Gasteiger partial charge in [-0.25, -0.2) is 4.98 Å². The Hall–Kier alpha value is -4.30. The van der Waals surface area contributed by atoms with E-state index >= 15 is 0 Å². The van der Waals surface area contributed by atoms with Gasteiger partial charge in [0.05, 0.1) is 44.6 Å². The van der Waals surface area contributed by atoms with Crippen LogP contribution >= 0.6 is 45.6 Å². The highest BCUT2D eigenvalue weighted by Gasteiger charge is 2.22. The number of anilines is 1. The number of carbonyl (C=O) groups excluding carboxylic acids is 2. The van der Waals surface area contributed by atoms with Gasteiger partial charge in [-0.15, -0.1) is 34.0 Å². The Kier molecular flexibility index (Phi) is 7.65. The molecule has 0 radical (unpaired) electrons. The van der Waals surface area contributed by atoms with Crippen LogP contribution < -0.4 is 10.9 Å². The van der Waals surface area contributed by atoms with E-state index in [1.54, 1.807) is 59.1 Å². The predicted molar refractivity (Wildman–Crippen MR) is 160 cm³/mol. The number of ketones is 1. The van der Waals surface area contributed by atoms with Crippen LogP contribution in [0.4, 0.5) is 5.82 Å². The molecule has 0 fully saturated rings. The Morgan fingerprint density at radius 1 is 1.05 bits per heavy atom. The maximum atomic E-state index is 14.0. The number of thiophene rings is 1. The molecule has 6 heterocycles. The van der Waals surface area contributed by atoms with Crippen LogP contribution in [0.5, 0.6) is 0 Å². The van der Waals surface area contributed by atoms with Gasteiger partial charge in [0.2, 0.25) is 0 Å². The van der Waals surface area contributed by atoms with Gasteiger partial charge in [0.1, 0.15) is 17.2 Å². The molecule has 0 spiro atoms. The largest absolute Gasteiger partial charge is 0.365 e. The van der Waals surface area contributed by atoms with Gasteiger partial charge >= 0.3 is 0 Å². The Morgan fingerprint density at radius 2 is 1.95 bits per heavy atom. The zero-order valence-electron chi connectivity index (χ0n) is 20.9. The first-order valence-corrected chi connectivity index (χ1v) is 15.1. The molecule has 0 aliphatic heterocycles. The molecule has 0 saturated heterocycles. The molecule has 0 saturated carbocycles. The summed E-state index contributed by atoms with van der Waals surface area (Å²) < 4.78 is 3.24. The van der Waals surface area contributed by atoms with E-state index in [2.05, 4.69) is 25.4 Å². The Balaban J connectivity index is 1.43. The zero-order valence-corrected chi connectivity index (χ0v) is 24.1. The van der Waals surface area contributed by atoms with Gasteiger partial charge < -0.3 is 5.32 Å². The molecular formula is C27H18ClN7O3S3. The highest BCUT2D eigenvalue weighted by molar-refractivity contribution is 7.16. The monoisotopic (exact) mass is 619 g/mol. The lowest BCUT2D eigenvalue weighted by atomic mass is 10.1. The first-order valence-electron chi connectivity index (χ1n) is 12.1. The second-order valence-corrected chi connectivity index (χ2v) is 12.0. The van der Waals surface area contributed by atoms with Crippen LogP contribution in [0.15, 0.2) is 82.3 Å². The van der Waals surface area contributed by atoms with Gasteiger partial charge in [0.25, 0.3) is 11.5 Å². The molecular weight excluding hydrogens is 602 g/mol. The zero-order chi connectivity index (χ0) is 28.3. The lowest BCUT2D eigenvalue weighted by molar-refractivity contribution is 0.0942. The number of nitrogens with one attached hydrogen (secondary N) is 1. The molecule has 10 nitrogen and oxygen atoms in total. The van der Waals surface area contributed by atoms with Crippen LogP contribution in [0.3, 0.4) is 0 Å². The first kappa shape index (κ1) is 26.9. The molecule has 0 bridgehead atoms. The van der Waals surface area contributed by atoms with Crippen LogP contribution in [0.1, 0.15) is 25.0 Å². The lowest BCUT2D eigenvalue weighted by Crippen LogP contribution is -2.27. The summed E-state index contributed by atoms with van der Waals surface area (Å²) in [6.07, 6.45) is 4.74. The Morgan fingerprint density at radius 3 is 2.66 bits per heavy atom. The van der Waals surface area contributed by atoms with E-state index in [0.29, 0.717) is 32.8 Å². The Bertz CT molecular complexity index is 1900. The van der Waals surface area contributed by atoms with Crippen molar-refractivity contribution in [2.45, 2.75) is 13.1 Å². The van der Waals surface area contributed by atoms with E-state index in [-0.39, 0.29) is 29.3 Å². The molecule has 204 valence electrons. The van der Waals surface area contributed by atoms with Crippen molar-refractivity contribution in [3.63, 3.8) is 0 Å². The van der Waals surface area contributed by atoms with E-state index < -0.39 is 11.5 Å². The maximum Gasteiger partial charge on any atom is 0.299 e. The molecule has 0 aliphatic carbocycles. The molecule has 0 aliphatic rings. The van der Waals surface area contributed by atoms with Crippen molar-refractivity contribution in [1.82, 2.24) is 29.3 Å². The summed E-state index contributed by atoms with van der Waals surface area (Å²) in [6.45, 7) is 0.183. The summed E-state index contributed by atoms with van der Waals surface area (Å²) in [5.74, 6) is -0.319. The molecule has 0 unspecified atom stereocenters. The molecule has 6 aromatic rings. The number of hydrogen-bond donors (Lipinski definition) is 1. The summed E-state index contributed by atoms with van der Waals surface area (Å²) >= 11 is 9.99. The average molecular weight is 620 g/mol. The lowest BCUT2D eigenvalue weighted by Gasteiger charge is -2.13. The molecule has 0 amide bonds. The van der Waals surface area contributed by atoms with E-state index in [4.69, 9.17) is 11.6 Å². The number of halogens is 1. The average Bonchev–Trinajstić information content (AvgIpc) is 3.81. The molecule has 0 aromatic carbocycles. The van der Waals surface area contributed by atoms with Crippen molar-refractivity contribution < 1.29 is 9.59 Å². The summed E-state index contributed by atoms with van der Waals surface area (Å²) in [4.78, 5) is 54.0. The Labute approximate surface area is 249 Å². The van der Waals surface area contributed by atoms with Gasteiger partial charge in [0.15, 0.2) is 5.78 Å². The second kappa shape index (κ2) is 11.7. The molecule has 0 atom stereocenters. The van der Waals surface area contributed by atoms with Gasteiger partial charge in [-0.2, -0.15) is 9.78 Å². The van der Waals surface area contributed by atoms with Crippen LogP contribution in [-0.4, -0.2) is 41.0 Å².